The smallest absolute Gasteiger partial charge is 0.289 e. The van der Waals surface area contributed by atoms with Gasteiger partial charge in [-0.3, -0.25) is 14.6 Å². The molecule has 0 aromatic heterocycles. The Morgan fingerprint density at radius 1 is 1.67 bits per heavy atom. The highest BCUT2D eigenvalue weighted by molar-refractivity contribution is 5.90. The SMILES string of the molecule is NC(=O)C1=CC=COO1. The molecule has 0 atom stereocenters. The van der Waals surface area contributed by atoms with Gasteiger partial charge in [-0.15, -0.1) is 0 Å². The number of carbonyl (C=O) groups excluding carboxylic acids is 1. The van der Waals surface area contributed by atoms with Crippen LogP contribution in [0.3, 0.4) is 0 Å². The number of hydrogen-bond donors (Lipinski definition) is 1. The Bertz CT molecular complexity index is 183. The van der Waals surface area contributed by atoms with Crippen molar-refractivity contribution in [1.29, 1.82) is 0 Å². The van der Waals surface area contributed by atoms with Gasteiger partial charge in [0, 0.05) is 0 Å². The number of primary amides is 1. The standard InChI is InChI=1S/C5H5NO3/c6-5(7)4-2-1-3-8-9-4/h1-3H,(H2,6,7). The van der Waals surface area contributed by atoms with Gasteiger partial charge in [-0.1, -0.05) is 0 Å². The molecule has 1 aliphatic rings. The lowest BCUT2D eigenvalue weighted by molar-refractivity contribution is -0.215. The van der Waals surface area contributed by atoms with Crippen LogP contribution in [-0.4, -0.2) is 5.91 Å². The fraction of sp³-hybridized carbons (Fsp3) is 0. The van der Waals surface area contributed by atoms with Gasteiger partial charge in [-0.25, -0.2) is 0 Å². The highest BCUT2D eigenvalue weighted by Gasteiger charge is 2.07. The van der Waals surface area contributed by atoms with Crippen LogP contribution in [-0.2, 0) is 14.6 Å². The Hall–Kier alpha value is -1.45. The van der Waals surface area contributed by atoms with E-state index in [0.717, 1.165) is 0 Å². The maximum absolute atomic E-state index is 10.3. The van der Waals surface area contributed by atoms with Gasteiger partial charge in [0.25, 0.3) is 5.91 Å². The average Bonchev–Trinajstić information content (AvgIpc) is 1.90. The summed E-state index contributed by atoms with van der Waals surface area (Å²) in [6, 6.07) is 0. The van der Waals surface area contributed by atoms with Crippen LogP contribution in [0.4, 0.5) is 0 Å². The lowest BCUT2D eigenvalue weighted by atomic mass is 10.4. The van der Waals surface area contributed by atoms with Crippen LogP contribution < -0.4 is 5.73 Å². The molecule has 1 amide bonds. The van der Waals surface area contributed by atoms with Gasteiger partial charge in [0.05, 0.1) is 0 Å². The van der Waals surface area contributed by atoms with Crippen molar-refractivity contribution in [1.82, 2.24) is 0 Å². The maximum Gasteiger partial charge on any atom is 0.289 e. The average molecular weight is 127 g/mol. The molecule has 48 valence electrons. The molecule has 1 rings (SSSR count). The summed E-state index contributed by atoms with van der Waals surface area (Å²) in [5.41, 5.74) is 4.82. The van der Waals surface area contributed by atoms with Gasteiger partial charge in [0.1, 0.15) is 6.26 Å². The van der Waals surface area contributed by atoms with Crippen LogP contribution in [0.2, 0.25) is 0 Å². The minimum absolute atomic E-state index is 0.0116. The molecule has 1 aliphatic heterocycles. The first-order valence-electron chi connectivity index (χ1n) is 2.30. The molecule has 0 fully saturated rings. The molecule has 9 heavy (non-hydrogen) atoms. The van der Waals surface area contributed by atoms with Gasteiger partial charge < -0.3 is 5.73 Å². The minimum Gasteiger partial charge on any atom is -0.363 e. The third-order valence-corrected chi connectivity index (χ3v) is 0.762. The Kier molecular flexibility index (Phi) is 1.40. The van der Waals surface area contributed by atoms with Crippen molar-refractivity contribution in [3.05, 3.63) is 24.2 Å². The quantitative estimate of drug-likeness (QED) is 0.497. The van der Waals surface area contributed by atoms with Gasteiger partial charge in [0.2, 0.25) is 5.76 Å². The molecule has 0 unspecified atom stereocenters. The van der Waals surface area contributed by atoms with Crippen LogP contribution in [0.15, 0.2) is 24.2 Å². The Labute approximate surface area is 51.5 Å². The van der Waals surface area contributed by atoms with Crippen molar-refractivity contribution in [2.45, 2.75) is 0 Å². The van der Waals surface area contributed by atoms with E-state index < -0.39 is 5.91 Å². The van der Waals surface area contributed by atoms with Crippen LogP contribution in [0, 0.1) is 0 Å². The van der Waals surface area contributed by atoms with Crippen molar-refractivity contribution in [3.63, 3.8) is 0 Å². The lowest BCUT2D eigenvalue weighted by Gasteiger charge is -2.04. The lowest BCUT2D eigenvalue weighted by Crippen LogP contribution is -2.16. The summed E-state index contributed by atoms with van der Waals surface area (Å²) in [7, 11) is 0. The highest BCUT2D eigenvalue weighted by atomic mass is 17.2. The third kappa shape index (κ3) is 1.22. The fourth-order valence-corrected chi connectivity index (χ4v) is 0.389. The number of amides is 1. The van der Waals surface area contributed by atoms with Crippen molar-refractivity contribution in [2.75, 3.05) is 0 Å². The van der Waals surface area contributed by atoms with Crippen molar-refractivity contribution in [2.24, 2.45) is 5.73 Å². The van der Waals surface area contributed by atoms with E-state index in [-0.39, 0.29) is 5.76 Å². The predicted octanol–water partition coefficient (Wildman–Crippen LogP) is -0.169. The van der Waals surface area contributed by atoms with E-state index in [1.807, 2.05) is 0 Å². The molecule has 0 saturated heterocycles. The second kappa shape index (κ2) is 2.21. The van der Waals surface area contributed by atoms with E-state index in [9.17, 15) is 4.79 Å². The Morgan fingerprint density at radius 2 is 2.44 bits per heavy atom. The van der Waals surface area contributed by atoms with Crippen LogP contribution in [0.5, 0.6) is 0 Å². The largest absolute Gasteiger partial charge is 0.363 e. The summed E-state index contributed by atoms with van der Waals surface area (Å²) < 4.78 is 0. The summed E-state index contributed by atoms with van der Waals surface area (Å²) in [5, 5.41) is 0. The van der Waals surface area contributed by atoms with Gasteiger partial charge in [-0.2, -0.15) is 0 Å². The number of hydrogen-bond acceptors (Lipinski definition) is 3. The van der Waals surface area contributed by atoms with Gasteiger partial charge >= 0.3 is 0 Å². The first kappa shape index (κ1) is 5.68. The summed E-state index contributed by atoms with van der Waals surface area (Å²) in [5.74, 6) is -0.628. The van der Waals surface area contributed by atoms with E-state index >= 15 is 0 Å². The molecular formula is C5H5NO3. The van der Waals surface area contributed by atoms with Gasteiger partial charge in [0.15, 0.2) is 0 Å². The molecule has 0 radical (unpaired) electrons. The molecule has 0 bridgehead atoms. The zero-order chi connectivity index (χ0) is 6.69. The molecular weight excluding hydrogens is 122 g/mol. The molecule has 0 aromatic carbocycles. The van der Waals surface area contributed by atoms with Crippen molar-refractivity contribution < 1.29 is 14.6 Å². The van der Waals surface area contributed by atoms with E-state index in [1.165, 1.54) is 18.4 Å². The molecule has 0 saturated carbocycles. The first-order chi connectivity index (χ1) is 4.30. The van der Waals surface area contributed by atoms with E-state index in [2.05, 4.69) is 9.78 Å². The van der Waals surface area contributed by atoms with Crippen LogP contribution >= 0.6 is 0 Å². The van der Waals surface area contributed by atoms with E-state index in [1.54, 1.807) is 0 Å². The van der Waals surface area contributed by atoms with Crippen LogP contribution in [0.1, 0.15) is 0 Å². The highest BCUT2D eigenvalue weighted by Crippen LogP contribution is 2.02. The second-order valence-corrected chi connectivity index (χ2v) is 1.40. The zero-order valence-corrected chi connectivity index (χ0v) is 4.53. The maximum atomic E-state index is 10.3. The van der Waals surface area contributed by atoms with E-state index in [4.69, 9.17) is 5.73 Å². The minimum atomic E-state index is -0.639. The zero-order valence-electron chi connectivity index (χ0n) is 4.53. The van der Waals surface area contributed by atoms with E-state index in [0.29, 0.717) is 0 Å². The van der Waals surface area contributed by atoms with Gasteiger partial charge in [-0.05, 0) is 12.2 Å². The molecule has 4 nitrogen and oxygen atoms in total. The molecule has 2 N–H and O–H groups in total. The van der Waals surface area contributed by atoms with Crippen LogP contribution in [0.25, 0.3) is 0 Å². The summed E-state index contributed by atoms with van der Waals surface area (Å²) in [4.78, 5) is 18.9. The summed E-state index contributed by atoms with van der Waals surface area (Å²) in [6.07, 6.45) is 4.24. The predicted molar refractivity (Wildman–Crippen MR) is 28.6 cm³/mol. The van der Waals surface area contributed by atoms with Crippen molar-refractivity contribution in [3.8, 4) is 0 Å². The summed E-state index contributed by atoms with van der Waals surface area (Å²) in [6.45, 7) is 0. The first-order valence-corrected chi connectivity index (χ1v) is 2.30. The number of carbonyl (C=O) groups is 1. The molecule has 1 heterocycles. The molecule has 0 spiro atoms. The molecule has 4 heteroatoms. The molecule has 0 aromatic rings. The molecule has 0 aliphatic carbocycles. The normalized spacial score (nSPS) is 15.3. The number of rotatable bonds is 1. The van der Waals surface area contributed by atoms with Crippen molar-refractivity contribution >= 4 is 5.91 Å². The topological polar surface area (TPSA) is 61.6 Å². The fourth-order valence-electron chi connectivity index (χ4n) is 0.389. The Morgan fingerprint density at radius 3 is 2.78 bits per heavy atom. The summed E-state index contributed by atoms with van der Waals surface area (Å²) >= 11 is 0. The monoisotopic (exact) mass is 127 g/mol. The number of nitrogens with two attached hydrogens (primary N) is 1. The third-order valence-electron chi connectivity index (χ3n) is 0.762. The second-order valence-electron chi connectivity index (χ2n) is 1.40. The number of allylic oxidation sites excluding steroid dienone is 2. The Balaban J connectivity index is 2.68.